The maximum atomic E-state index is 5.45. The smallest absolute Gasteiger partial charge is 0.250 e. The summed E-state index contributed by atoms with van der Waals surface area (Å²) < 4.78 is 5.45. The Balaban J connectivity index is 1.38. The molecule has 0 spiro atoms. The van der Waals surface area contributed by atoms with E-state index in [4.69, 9.17) is 4.74 Å². The SMILES string of the molecule is C(=NNc1nc(Nc2ccccc2)nc(N2CCOCC2)n1)c1ccc2ccccc2c1. The Kier molecular flexibility index (Phi) is 5.85. The molecule has 8 nitrogen and oxygen atoms in total. The third kappa shape index (κ3) is 4.81. The van der Waals surface area contributed by atoms with Crippen LogP contribution in [0.2, 0.25) is 0 Å². The summed E-state index contributed by atoms with van der Waals surface area (Å²) in [5, 5.41) is 9.96. The average molecular weight is 425 g/mol. The van der Waals surface area contributed by atoms with E-state index in [1.165, 1.54) is 10.8 Å². The number of para-hydroxylation sites is 1. The lowest BCUT2D eigenvalue weighted by atomic mass is 10.1. The van der Waals surface area contributed by atoms with Crippen molar-refractivity contribution in [2.45, 2.75) is 0 Å². The number of fused-ring (bicyclic) bond motifs is 1. The monoisotopic (exact) mass is 425 g/mol. The molecule has 32 heavy (non-hydrogen) atoms. The molecule has 1 aliphatic rings. The summed E-state index contributed by atoms with van der Waals surface area (Å²) in [7, 11) is 0. The van der Waals surface area contributed by atoms with Gasteiger partial charge >= 0.3 is 0 Å². The zero-order valence-corrected chi connectivity index (χ0v) is 17.5. The molecule has 1 aromatic heterocycles. The van der Waals surface area contributed by atoms with Crippen molar-refractivity contribution in [1.29, 1.82) is 0 Å². The van der Waals surface area contributed by atoms with Crippen LogP contribution in [0.3, 0.4) is 0 Å². The summed E-state index contributed by atoms with van der Waals surface area (Å²) in [5.74, 6) is 1.41. The van der Waals surface area contributed by atoms with Crippen LogP contribution in [0.1, 0.15) is 5.56 Å². The molecule has 2 N–H and O–H groups in total. The van der Waals surface area contributed by atoms with Crippen LogP contribution in [0.25, 0.3) is 10.8 Å². The lowest BCUT2D eigenvalue weighted by molar-refractivity contribution is 0.122. The van der Waals surface area contributed by atoms with E-state index in [2.05, 4.69) is 60.0 Å². The van der Waals surface area contributed by atoms with Crippen molar-refractivity contribution in [2.75, 3.05) is 41.9 Å². The minimum Gasteiger partial charge on any atom is -0.378 e. The van der Waals surface area contributed by atoms with E-state index in [1.54, 1.807) is 6.21 Å². The first kappa shape index (κ1) is 19.9. The van der Waals surface area contributed by atoms with Gasteiger partial charge in [0.1, 0.15) is 0 Å². The number of morpholine rings is 1. The van der Waals surface area contributed by atoms with E-state index < -0.39 is 0 Å². The first-order chi connectivity index (χ1) is 15.8. The molecule has 1 fully saturated rings. The molecule has 4 aromatic rings. The van der Waals surface area contributed by atoms with Gasteiger partial charge in [-0.3, -0.25) is 0 Å². The fourth-order valence-corrected chi connectivity index (χ4v) is 3.48. The molecular weight excluding hydrogens is 402 g/mol. The normalized spacial score (nSPS) is 14.1. The molecule has 0 saturated carbocycles. The molecule has 8 heteroatoms. The summed E-state index contributed by atoms with van der Waals surface area (Å²) in [6.45, 7) is 2.76. The zero-order valence-electron chi connectivity index (χ0n) is 17.5. The molecule has 1 aliphatic heterocycles. The summed E-state index contributed by atoms with van der Waals surface area (Å²) >= 11 is 0. The molecule has 0 unspecified atom stereocenters. The fourth-order valence-electron chi connectivity index (χ4n) is 3.48. The summed E-state index contributed by atoms with van der Waals surface area (Å²) in [5.41, 5.74) is 4.84. The van der Waals surface area contributed by atoms with Gasteiger partial charge in [-0.05, 0) is 34.5 Å². The Hall–Kier alpha value is -4.04. The number of hydrogen-bond donors (Lipinski definition) is 2. The topological polar surface area (TPSA) is 87.6 Å². The molecule has 5 rings (SSSR count). The highest BCUT2D eigenvalue weighted by Gasteiger charge is 2.16. The number of benzene rings is 3. The van der Waals surface area contributed by atoms with Crippen molar-refractivity contribution < 1.29 is 4.74 Å². The second-order valence-corrected chi connectivity index (χ2v) is 7.35. The van der Waals surface area contributed by atoms with Crippen molar-refractivity contribution in [3.8, 4) is 0 Å². The van der Waals surface area contributed by atoms with E-state index in [9.17, 15) is 0 Å². The van der Waals surface area contributed by atoms with Gasteiger partial charge in [0.15, 0.2) is 0 Å². The quantitative estimate of drug-likeness (QED) is 0.356. The van der Waals surface area contributed by atoms with Crippen molar-refractivity contribution in [1.82, 2.24) is 15.0 Å². The predicted octanol–water partition coefficient (Wildman–Crippen LogP) is 4.05. The van der Waals surface area contributed by atoms with Crippen LogP contribution in [0.4, 0.5) is 23.5 Å². The number of rotatable bonds is 6. The molecular formula is C24H23N7O. The number of nitrogens with one attached hydrogen (secondary N) is 2. The zero-order chi connectivity index (χ0) is 21.6. The Morgan fingerprint density at radius 3 is 2.41 bits per heavy atom. The number of anilines is 4. The molecule has 0 atom stereocenters. The first-order valence-corrected chi connectivity index (χ1v) is 10.5. The highest BCUT2D eigenvalue weighted by Crippen LogP contribution is 2.19. The average Bonchev–Trinajstić information content (AvgIpc) is 2.85. The summed E-state index contributed by atoms with van der Waals surface area (Å²) in [6, 6.07) is 24.2. The van der Waals surface area contributed by atoms with Gasteiger partial charge in [-0.15, -0.1) is 0 Å². The molecule has 160 valence electrons. The summed E-state index contributed by atoms with van der Waals surface area (Å²) in [6.07, 6.45) is 1.76. The third-order valence-corrected chi connectivity index (χ3v) is 5.10. The van der Waals surface area contributed by atoms with Crippen LogP contribution in [0.5, 0.6) is 0 Å². The maximum absolute atomic E-state index is 5.45. The third-order valence-electron chi connectivity index (χ3n) is 5.10. The van der Waals surface area contributed by atoms with Gasteiger partial charge in [0.2, 0.25) is 17.8 Å². The lowest BCUT2D eigenvalue weighted by Crippen LogP contribution is -2.37. The van der Waals surface area contributed by atoms with Crippen molar-refractivity contribution in [3.05, 3.63) is 78.4 Å². The number of aromatic nitrogens is 3. The van der Waals surface area contributed by atoms with Crippen LogP contribution in [-0.2, 0) is 4.74 Å². The van der Waals surface area contributed by atoms with Crippen molar-refractivity contribution >= 4 is 40.5 Å². The Morgan fingerprint density at radius 1 is 0.812 bits per heavy atom. The van der Waals surface area contributed by atoms with Gasteiger partial charge in [-0.1, -0.05) is 54.6 Å². The van der Waals surface area contributed by atoms with E-state index in [-0.39, 0.29) is 0 Å². The van der Waals surface area contributed by atoms with Gasteiger partial charge in [-0.25, -0.2) is 5.43 Å². The van der Waals surface area contributed by atoms with Crippen LogP contribution >= 0.6 is 0 Å². The highest BCUT2D eigenvalue weighted by atomic mass is 16.5. The second kappa shape index (κ2) is 9.40. The Labute approximate surface area is 186 Å². The number of hydrogen-bond acceptors (Lipinski definition) is 8. The predicted molar refractivity (Wildman–Crippen MR) is 128 cm³/mol. The van der Waals surface area contributed by atoms with Gasteiger partial charge in [0.25, 0.3) is 0 Å². The minimum absolute atomic E-state index is 0.372. The second-order valence-electron chi connectivity index (χ2n) is 7.35. The molecule has 0 radical (unpaired) electrons. The van der Waals surface area contributed by atoms with Crippen molar-refractivity contribution in [2.24, 2.45) is 5.10 Å². The summed E-state index contributed by atoms with van der Waals surface area (Å²) in [4.78, 5) is 15.7. The van der Waals surface area contributed by atoms with Crippen LogP contribution < -0.4 is 15.6 Å². The van der Waals surface area contributed by atoms with Crippen LogP contribution in [0.15, 0.2) is 77.9 Å². The molecule has 3 aromatic carbocycles. The van der Waals surface area contributed by atoms with Crippen LogP contribution in [0, 0.1) is 0 Å². The number of ether oxygens (including phenoxy) is 1. The maximum Gasteiger partial charge on any atom is 0.250 e. The Morgan fingerprint density at radius 2 is 1.56 bits per heavy atom. The number of hydrazone groups is 1. The van der Waals surface area contributed by atoms with E-state index >= 15 is 0 Å². The molecule has 2 heterocycles. The van der Waals surface area contributed by atoms with Gasteiger partial charge in [0.05, 0.1) is 19.4 Å². The Bertz CT molecular complexity index is 1220. The van der Waals surface area contributed by atoms with E-state index in [1.807, 2.05) is 48.5 Å². The molecule has 0 amide bonds. The highest BCUT2D eigenvalue weighted by molar-refractivity contribution is 5.90. The molecule has 0 aliphatic carbocycles. The molecule has 1 saturated heterocycles. The first-order valence-electron chi connectivity index (χ1n) is 10.5. The minimum atomic E-state index is 0.372. The standard InChI is InChI=1S/C24H23N7O/c1-2-8-21(9-3-1)26-22-27-23(29-24(28-22)31-12-14-32-15-13-31)30-25-17-18-10-11-19-6-4-5-7-20(19)16-18/h1-11,16-17H,12-15H2,(H2,26,27,28,29,30). The van der Waals surface area contributed by atoms with Gasteiger partial charge in [-0.2, -0.15) is 20.1 Å². The van der Waals surface area contributed by atoms with Crippen molar-refractivity contribution in [3.63, 3.8) is 0 Å². The lowest BCUT2D eigenvalue weighted by Gasteiger charge is -2.27. The van der Waals surface area contributed by atoms with Gasteiger partial charge in [0, 0.05) is 18.8 Å². The van der Waals surface area contributed by atoms with Gasteiger partial charge < -0.3 is 15.0 Å². The fraction of sp³-hybridized carbons (Fsp3) is 0.167. The van der Waals surface area contributed by atoms with E-state index in [0.717, 1.165) is 24.3 Å². The largest absolute Gasteiger partial charge is 0.378 e. The van der Waals surface area contributed by atoms with E-state index in [0.29, 0.717) is 31.1 Å². The van der Waals surface area contributed by atoms with Crippen LogP contribution in [-0.4, -0.2) is 47.5 Å². The molecule has 0 bridgehead atoms. The number of nitrogens with zero attached hydrogens (tertiary/aromatic N) is 5.